The van der Waals surface area contributed by atoms with Crippen molar-refractivity contribution >= 4 is 22.3 Å². The van der Waals surface area contributed by atoms with Gasteiger partial charge in [-0.25, -0.2) is 0 Å². The lowest BCUT2D eigenvalue weighted by atomic mass is 9.89. The van der Waals surface area contributed by atoms with Crippen molar-refractivity contribution in [1.29, 1.82) is 0 Å². The van der Waals surface area contributed by atoms with Crippen LogP contribution in [-0.4, -0.2) is 43.2 Å². The monoisotopic (exact) mass is 363 g/mol. The topological polar surface area (TPSA) is 49.5 Å². The van der Waals surface area contributed by atoms with E-state index in [0.717, 1.165) is 22.9 Å². The van der Waals surface area contributed by atoms with E-state index >= 15 is 0 Å². The standard InChI is InChI=1S/C22H25N3O2/c1-25-8-6-15(7-9-25)19-14-23-20-12-16(2-4-18(19)20)24-17-3-5-21-22(13-17)27-11-10-26-21/h2-5,12-15,23-24H,6-11H2,1H3. The number of nitrogens with zero attached hydrogens (tertiary/aromatic N) is 1. The Kier molecular flexibility index (Phi) is 4.17. The predicted molar refractivity (Wildman–Crippen MR) is 108 cm³/mol. The van der Waals surface area contributed by atoms with E-state index in [1.807, 2.05) is 18.2 Å². The molecular weight excluding hydrogens is 338 g/mol. The minimum atomic E-state index is 0.602. The van der Waals surface area contributed by atoms with Crippen LogP contribution in [0.25, 0.3) is 10.9 Å². The summed E-state index contributed by atoms with van der Waals surface area (Å²) in [7, 11) is 2.21. The second-order valence-corrected chi connectivity index (χ2v) is 7.57. The van der Waals surface area contributed by atoms with E-state index in [1.54, 1.807) is 0 Å². The van der Waals surface area contributed by atoms with Gasteiger partial charge in [-0.1, -0.05) is 6.07 Å². The van der Waals surface area contributed by atoms with E-state index in [2.05, 4.69) is 46.6 Å². The van der Waals surface area contributed by atoms with Gasteiger partial charge in [-0.2, -0.15) is 0 Å². The van der Waals surface area contributed by atoms with Gasteiger partial charge >= 0.3 is 0 Å². The quantitative estimate of drug-likeness (QED) is 0.720. The van der Waals surface area contributed by atoms with Gasteiger partial charge in [0.1, 0.15) is 13.2 Å². The molecule has 2 N–H and O–H groups in total. The minimum absolute atomic E-state index is 0.602. The molecule has 0 saturated carbocycles. The number of hydrogen-bond acceptors (Lipinski definition) is 4. The van der Waals surface area contributed by atoms with E-state index in [0.29, 0.717) is 19.1 Å². The maximum absolute atomic E-state index is 5.68. The second kappa shape index (κ2) is 6.82. The molecule has 27 heavy (non-hydrogen) atoms. The lowest BCUT2D eigenvalue weighted by Gasteiger charge is -2.28. The zero-order chi connectivity index (χ0) is 18.2. The van der Waals surface area contributed by atoms with Crippen molar-refractivity contribution in [2.24, 2.45) is 0 Å². The van der Waals surface area contributed by atoms with Crippen LogP contribution < -0.4 is 14.8 Å². The van der Waals surface area contributed by atoms with E-state index in [4.69, 9.17) is 9.47 Å². The van der Waals surface area contributed by atoms with Gasteiger partial charge in [0.2, 0.25) is 0 Å². The Balaban J connectivity index is 1.37. The lowest BCUT2D eigenvalue weighted by molar-refractivity contribution is 0.171. The van der Waals surface area contributed by atoms with Crippen molar-refractivity contribution in [3.63, 3.8) is 0 Å². The summed E-state index contributed by atoms with van der Waals surface area (Å²) in [6, 6.07) is 12.6. The maximum Gasteiger partial charge on any atom is 0.163 e. The molecule has 2 aliphatic rings. The number of fused-ring (bicyclic) bond motifs is 2. The van der Waals surface area contributed by atoms with Crippen LogP contribution in [0.1, 0.15) is 24.3 Å². The number of aromatic nitrogens is 1. The molecule has 5 heteroatoms. The highest BCUT2D eigenvalue weighted by Crippen LogP contribution is 2.36. The first kappa shape index (κ1) is 16.5. The summed E-state index contributed by atoms with van der Waals surface area (Å²) in [6.07, 6.45) is 4.68. The van der Waals surface area contributed by atoms with Crippen LogP contribution in [0, 0.1) is 0 Å². The Labute approximate surface area is 159 Å². The molecule has 5 nitrogen and oxygen atoms in total. The second-order valence-electron chi connectivity index (χ2n) is 7.57. The summed E-state index contributed by atoms with van der Waals surface area (Å²) < 4.78 is 11.3. The third-order valence-electron chi connectivity index (χ3n) is 5.70. The summed E-state index contributed by atoms with van der Waals surface area (Å²) in [5.74, 6) is 2.28. The average Bonchev–Trinajstić information content (AvgIpc) is 3.12. The van der Waals surface area contributed by atoms with Crippen molar-refractivity contribution in [2.75, 3.05) is 38.7 Å². The number of hydrogen-bond donors (Lipinski definition) is 2. The molecule has 2 aromatic carbocycles. The number of H-pyrrole nitrogens is 1. The highest BCUT2D eigenvalue weighted by molar-refractivity contribution is 5.87. The van der Waals surface area contributed by atoms with Crippen LogP contribution in [0.15, 0.2) is 42.6 Å². The van der Waals surface area contributed by atoms with Crippen LogP contribution in [0.3, 0.4) is 0 Å². The molecule has 1 fully saturated rings. The molecule has 2 aliphatic heterocycles. The van der Waals surface area contributed by atoms with Crippen molar-refractivity contribution in [1.82, 2.24) is 9.88 Å². The van der Waals surface area contributed by atoms with Gasteiger partial charge in [-0.05, 0) is 68.7 Å². The van der Waals surface area contributed by atoms with Crippen LogP contribution in [0.4, 0.5) is 11.4 Å². The van der Waals surface area contributed by atoms with Gasteiger partial charge in [-0.15, -0.1) is 0 Å². The number of likely N-dealkylation sites (tertiary alicyclic amines) is 1. The molecule has 0 spiro atoms. The molecule has 0 atom stereocenters. The van der Waals surface area contributed by atoms with Gasteiger partial charge < -0.3 is 24.7 Å². The number of anilines is 2. The van der Waals surface area contributed by atoms with E-state index in [9.17, 15) is 0 Å². The fraction of sp³-hybridized carbons (Fsp3) is 0.364. The van der Waals surface area contributed by atoms with Crippen LogP contribution in [0.2, 0.25) is 0 Å². The zero-order valence-electron chi connectivity index (χ0n) is 15.6. The van der Waals surface area contributed by atoms with Gasteiger partial charge in [-0.3, -0.25) is 0 Å². The van der Waals surface area contributed by atoms with Gasteiger partial charge in [0, 0.05) is 34.5 Å². The number of nitrogens with one attached hydrogen (secondary N) is 2. The summed E-state index contributed by atoms with van der Waals surface area (Å²) in [6.45, 7) is 3.58. The summed E-state index contributed by atoms with van der Waals surface area (Å²) in [4.78, 5) is 5.89. The van der Waals surface area contributed by atoms with Gasteiger partial charge in [0.25, 0.3) is 0 Å². The van der Waals surface area contributed by atoms with Crippen LogP contribution in [-0.2, 0) is 0 Å². The molecule has 3 heterocycles. The van der Waals surface area contributed by atoms with Crippen LogP contribution >= 0.6 is 0 Å². The largest absolute Gasteiger partial charge is 0.486 e. The fourth-order valence-corrected chi connectivity index (χ4v) is 4.17. The molecule has 140 valence electrons. The molecular formula is C22H25N3O2. The third-order valence-corrected chi connectivity index (χ3v) is 5.70. The number of ether oxygens (including phenoxy) is 2. The highest BCUT2D eigenvalue weighted by atomic mass is 16.6. The highest BCUT2D eigenvalue weighted by Gasteiger charge is 2.21. The third kappa shape index (κ3) is 3.23. The first-order valence-corrected chi connectivity index (χ1v) is 9.72. The molecule has 3 aromatic rings. The van der Waals surface area contributed by atoms with Crippen molar-refractivity contribution in [2.45, 2.75) is 18.8 Å². The average molecular weight is 363 g/mol. The molecule has 5 rings (SSSR count). The predicted octanol–water partition coefficient (Wildman–Crippen LogP) is 4.49. The Morgan fingerprint density at radius 1 is 0.963 bits per heavy atom. The first-order valence-electron chi connectivity index (χ1n) is 9.72. The number of rotatable bonds is 3. The maximum atomic E-state index is 5.68. The number of benzene rings is 2. The van der Waals surface area contributed by atoms with E-state index in [1.165, 1.54) is 42.4 Å². The molecule has 1 aromatic heterocycles. The van der Waals surface area contributed by atoms with Gasteiger partial charge in [0.05, 0.1) is 0 Å². The summed E-state index contributed by atoms with van der Waals surface area (Å²) in [5, 5.41) is 4.82. The van der Waals surface area contributed by atoms with Crippen molar-refractivity contribution in [3.8, 4) is 11.5 Å². The Hall–Kier alpha value is -2.66. The smallest absolute Gasteiger partial charge is 0.163 e. The minimum Gasteiger partial charge on any atom is -0.486 e. The summed E-state index contributed by atoms with van der Waals surface area (Å²) in [5.41, 5.74) is 4.71. The fourth-order valence-electron chi connectivity index (χ4n) is 4.17. The molecule has 0 bridgehead atoms. The zero-order valence-corrected chi connectivity index (χ0v) is 15.6. The molecule has 0 unspecified atom stereocenters. The molecule has 0 amide bonds. The molecule has 1 saturated heterocycles. The van der Waals surface area contributed by atoms with Crippen molar-refractivity contribution in [3.05, 3.63) is 48.2 Å². The van der Waals surface area contributed by atoms with E-state index in [-0.39, 0.29) is 0 Å². The van der Waals surface area contributed by atoms with E-state index < -0.39 is 0 Å². The number of aromatic amines is 1. The Morgan fingerprint density at radius 3 is 2.56 bits per heavy atom. The Morgan fingerprint density at radius 2 is 1.70 bits per heavy atom. The van der Waals surface area contributed by atoms with Crippen LogP contribution in [0.5, 0.6) is 11.5 Å². The normalized spacial score (nSPS) is 18.0. The molecule has 0 aliphatic carbocycles. The SMILES string of the molecule is CN1CCC(c2c[nH]c3cc(Nc4ccc5c(c4)OCCO5)ccc23)CC1. The molecule has 0 radical (unpaired) electrons. The number of piperidine rings is 1. The summed E-state index contributed by atoms with van der Waals surface area (Å²) >= 11 is 0. The first-order chi connectivity index (χ1) is 13.3. The van der Waals surface area contributed by atoms with Crippen molar-refractivity contribution < 1.29 is 9.47 Å². The van der Waals surface area contributed by atoms with Gasteiger partial charge in [0.15, 0.2) is 11.5 Å². The lowest BCUT2D eigenvalue weighted by Crippen LogP contribution is -2.29. The Bertz CT molecular complexity index is 957.